The summed E-state index contributed by atoms with van der Waals surface area (Å²) in [5, 5.41) is 10.1. The van der Waals surface area contributed by atoms with E-state index in [1.165, 1.54) is 19.3 Å². The van der Waals surface area contributed by atoms with Gasteiger partial charge >= 0.3 is 0 Å². The first kappa shape index (κ1) is 18.9. The lowest BCUT2D eigenvalue weighted by Gasteiger charge is -2.35. The van der Waals surface area contributed by atoms with Gasteiger partial charge in [-0.2, -0.15) is 0 Å². The van der Waals surface area contributed by atoms with Crippen molar-refractivity contribution in [3.63, 3.8) is 0 Å². The molecule has 0 radical (unpaired) electrons. The lowest BCUT2D eigenvalue weighted by molar-refractivity contribution is -0.130. The van der Waals surface area contributed by atoms with E-state index in [2.05, 4.69) is 43.2 Å². The molecular formula is C23H28N6O. The third-order valence-corrected chi connectivity index (χ3v) is 6.29. The Hall–Kier alpha value is -3.09. The maximum Gasteiger partial charge on any atom is 0.227 e. The Morgan fingerprint density at radius 1 is 0.833 bits per heavy atom. The van der Waals surface area contributed by atoms with E-state index >= 15 is 0 Å². The molecule has 7 heteroatoms. The monoisotopic (exact) mass is 404 g/mol. The van der Waals surface area contributed by atoms with Crippen LogP contribution in [0.15, 0.2) is 42.6 Å². The van der Waals surface area contributed by atoms with E-state index in [9.17, 15) is 4.79 Å². The molecule has 0 atom stereocenters. The van der Waals surface area contributed by atoms with Gasteiger partial charge in [0.25, 0.3) is 0 Å². The predicted octanol–water partition coefficient (Wildman–Crippen LogP) is 2.84. The number of nitrogens with one attached hydrogen (secondary N) is 1. The van der Waals surface area contributed by atoms with Crippen molar-refractivity contribution in [2.24, 2.45) is 0 Å². The second-order valence-corrected chi connectivity index (χ2v) is 8.20. The number of piperazine rings is 1. The Labute approximate surface area is 176 Å². The smallest absolute Gasteiger partial charge is 0.227 e. The molecule has 4 heterocycles. The largest absolute Gasteiger partial charge is 0.361 e. The summed E-state index contributed by atoms with van der Waals surface area (Å²) in [6.07, 6.45) is 6.17. The average molecular weight is 405 g/mol. The van der Waals surface area contributed by atoms with Crippen molar-refractivity contribution < 1.29 is 4.79 Å². The van der Waals surface area contributed by atoms with Crippen LogP contribution in [-0.4, -0.2) is 65.3 Å². The molecule has 0 saturated carbocycles. The number of aromatic amines is 1. The third kappa shape index (κ3) is 3.84. The lowest BCUT2D eigenvalue weighted by atomic mass is 10.1. The molecule has 0 unspecified atom stereocenters. The minimum Gasteiger partial charge on any atom is -0.361 e. The molecule has 1 aromatic carbocycles. The van der Waals surface area contributed by atoms with Gasteiger partial charge in [0.05, 0.1) is 6.42 Å². The fourth-order valence-corrected chi connectivity index (χ4v) is 4.52. The first-order chi connectivity index (χ1) is 14.8. The van der Waals surface area contributed by atoms with Crippen molar-refractivity contribution >= 4 is 28.4 Å². The Morgan fingerprint density at radius 3 is 2.20 bits per heavy atom. The number of carbonyl (C=O) groups is 1. The molecule has 2 aliphatic rings. The van der Waals surface area contributed by atoms with Gasteiger partial charge in [0.1, 0.15) is 0 Å². The molecule has 0 bridgehead atoms. The van der Waals surface area contributed by atoms with Gasteiger partial charge in [-0.15, -0.1) is 10.2 Å². The lowest BCUT2D eigenvalue weighted by Crippen LogP contribution is -2.49. The van der Waals surface area contributed by atoms with Crippen LogP contribution in [0.2, 0.25) is 0 Å². The molecule has 2 saturated heterocycles. The fourth-order valence-electron chi connectivity index (χ4n) is 4.52. The highest BCUT2D eigenvalue weighted by Gasteiger charge is 2.23. The first-order valence-corrected chi connectivity index (χ1v) is 10.9. The molecule has 30 heavy (non-hydrogen) atoms. The van der Waals surface area contributed by atoms with Crippen molar-refractivity contribution in [1.82, 2.24) is 20.1 Å². The normalized spacial score (nSPS) is 17.5. The Morgan fingerprint density at radius 2 is 1.50 bits per heavy atom. The Balaban J connectivity index is 1.17. The number of benzene rings is 1. The number of hydrogen-bond acceptors (Lipinski definition) is 5. The molecule has 0 spiro atoms. The van der Waals surface area contributed by atoms with Crippen LogP contribution in [0, 0.1) is 0 Å². The van der Waals surface area contributed by atoms with Crippen molar-refractivity contribution in [3.8, 4) is 0 Å². The van der Waals surface area contributed by atoms with Crippen molar-refractivity contribution in [2.45, 2.75) is 25.7 Å². The number of amides is 1. The topological polar surface area (TPSA) is 68.4 Å². The van der Waals surface area contributed by atoms with Crippen LogP contribution in [0.25, 0.3) is 10.9 Å². The molecular weight excluding hydrogens is 376 g/mol. The van der Waals surface area contributed by atoms with Crippen LogP contribution in [0.3, 0.4) is 0 Å². The zero-order valence-electron chi connectivity index (χ0n) is 17.3. The quantitative estimate of drug-likeness (QED) is 0.724. The van der Waals surface area contributed by atoms with Crippen molar-refractivity contribution in [3.05, 3.63) is 48.2 Å². The number of para-hydroxylation sites is 1. The van der Waals surface area contributed by atoms with E-state index in [1.807, 2.05) is 29.3 Å². The maximum atomic E-state index is 12.8. The molecule has 1 amide bonds. The summed E-state index contributed by atoms with van der Waals surface area (Å²) < 4.78 is 0. The standard InChI is InChI=1S/C23H28N6O/c30-23(16-18-17-24-20-7-3-2-6-19(18)20)29-14-12-28(13-15-29)22-9-8-21(25-26-22)27-10-4-1-5-11-27/h2-3,6-9,17,24H,1,4-5,10-16H2. The minimum absolute atomic E-state index is 0.186. The molecule has 156 valence electrons. The highest BCUT2D eigenvalue weighted by molar-refractivity contribution is 5.89. The highest BCUT2D eigenvalue weighted by Crippen LogP contribution is 2.21. The minimum atomic E-state index is 0.186. The maximum absolute atomic E-state index is 12.8. The molecule has 0 aliphatic carbocycles. The molecule has 3 aromatic rings. The van der Waals surface area contributed by atoms with Gasteiger partial charge < -0.3 is 19.7 Å². The number of hydrogen-bond donors (Lipinski definition) is 1. The predicted molar refractivity (Wildman–Crippen MR) is 119 cm³/mol. The number of rotatable bonds is 4. The highest BCUT2D eigenvalue weighted by atomic mass is 16.2. The summed E-state index contributed by atoms with van der Waals surface area (Å²) in [5.41, 5.74) is 2.15. The van der Waals surface area contributed by atoms with Crippen LogP contribution in [0.4, 0.5) is 11.6 Å². The summed E-state index contributed by atoms with van der Waals surface area (Å²) in [6, 6.07) is 12.3. The van der Waals surface area contributed by atoms with E-state index in [0.717, 1.165) is 67.4 Å². The summed E-state index contributed by atoms with van der Waals surface area (Å²) in [5.74, 6) is 2.07. The summed E-state index contributed by atoms with van der Waals surface area (Å²) in [6.45, 7) is 5.17. The molecule has 5 rings (SSSR count). The van der Waals surface area contributed by atoms with E-state index in [0.29, 0.717) is 6.42 Å². The molecule has 1 N–H and O–H groups in total. The van der Waals surface area contributed by atoms with Gasteiger partial charge in [-0.3, -0.25) is 4.79 Å². The number of fused-ring (bicyclic) bond motifs is 1. The van der Waals surface area contributed by atoms with Gasteiger partial charge in [-0.1, -0.05) is 18.2 Å². The second-order valence-electron chi connectivity index (χ2n) is 8.20. The summed E-state index contributed by atoms with van der Waals surface area (Å²) in [4.78, 5) is 22.6. The molecule has 2 fully saturated rings. The number of anilines is 2. The number of aromatic nitrogens is 3. The number of H-pyrrole nitrogens is 1. The second kappa shape index (κ2) is 8.34. The SMILES string of the molecule is O=C(Cc1c[nH]c2ccccc12)N1CCN(c2ccc(N3CCCCC3)nn2)CC1. The van der Waals surface area contributed by atoms with E-state index in [-0.39, 0.29) is 5.91 Å². The average Bonchev–Trinajstić information content (AvgIpc) is 3.23. The van der Waals surface area contributed by atoms with Gasteiger partial charge in [-0.05, 0) is 43.0 Å². The Kier molecular flexibility index (Phi) is 5.26. The van der Waals surface area contributed by atoms with Gasteiger partial charge in [0, 0.05) is 56.4 Å². The zero-order chi connectivity index (χ0) is 20.3. The number of nitrogens with zero attached hydrogens (tertiary/aromatic N) is 5. The van der Waals surface area contributed by atoms with E-state index < -0.39 is 0 Å². The van der Waals surface area contributed by atoms with E-state index in [1.54, 1.807) is 0 Å². The van der Waals surface area contributed by atoms with Crippen LogP contribution in [0.1, 0.15) is 24.8 Å². The van der Waals surface area contributed by atoms with Crippen LogP contribution < -0.4 is 9.80 Å². The Bertz CT molecular complexity index is 1000. The van der Waals surface area contributed by atoms with Gasteiger partial charge in [0.15, 0.2) is 11.6 Å². The van der Waals surface area contributed by atoms with Crippen molar-refractivity contribution in [2.75, 3.05) is 49.1 Å². The van der Waals surface area contributed by atoms with Crippen LogP contribution >= 0.6 is 0 Å². The van der Waals surface area contributed by atoms with Gasteiger partial charge in [0.2, 0.25) is 5.91 Å². The first-order valence-electron chi connectivity index (χ1n) is 10.9. The van der Waals surface area contributed by atoms with Crippen LogP contribution in [-0.2, 0) is 11.2 Å². The molecule has 2 aliphatic heterocycles. The molecule has 2 aromatic heterocycles. The fraction of sp³-hybridized carbons (Fsp3) is 0.435. The third-order valence-electron chi connectivity index (χ3n) is 6.29. The van der Waals surface area contributed by atoms with E-state index in [4.69, 9.17) is 0 Å². The van der Waals surface area contributed by atoms with Crippen molar-refractivity contribution in [1.29, 1.82) is 0 Å². The number of piperidine rings is 1. The summed E-state index contributed by atoms with van der Waals surface area (Å²) >= 11 is 0. The van der Waals surface area contributed by atoms with Gasteiger partial charge in [-0.25, -0.2) is 0 Å². The summed E-state index contributed by atoms with van der Waals surface area (Å²) in [7, 11) is 0. The number of carbonyl (C=O) groups excluding carboxylic acids is 1. The molecule has 7 nitrogen and oxygen atoms in total. The van der Waals surface area contributed by atoms with Crippen LogP contribution in [0.5, 0.6) is 0 Å². The zero-order valence-corrected chi connectivity index (χ0v) is 17.3.